The van der Waals surface area contributed by atoms with Gasteiger partial charge >= 0.3 is 0 Å². The zero-order chi connectivity index (χ0) is 18.2. The van der Waals surface area contributed by atoms with Crippen molar-refractivity contribution in [1.29, 1.82) is 0 Å². The van der Waals surface area contributed by atoms with Crippen molar-refractivity contribution >= 4 is 11.7 Å². The number of anilines is 1. The maximum absolute atomic E-state index is 12.7. The van der Waals surface area contributed by atoms with E-state index in [-0.39, 0.29) is 11.8 Å². The Morgan fingerprint density at radius 2 is 1.93 bits per heavy atom. The second kappa shape index (κ2) is 7.36. The summed E-state index contributed by atoms with van der Waals surface area (Å²) in [4.78, 5) is 28.9. The molecule has 0 aromatic carbocycles. The second-order valence-corrected chi connectivity index (χ2v) is 8.30. The Kier molecular flexibility index (Phi) is 4.73. The highest BCUT2D eigenvalue weighted by Crippen LogP contribution is 2.30. The molecule has 1 aromatic rings. The van der Waals surface area contributed by atoms with Gasteiger partial charge in [0.1, 0.15) is 12.1 Å². The van der Waals surface area contributed by atoms with Crippen LogP contribution < -0.4 is 4.90 Å². The van der Waals surface area contributed by atoms with Gasteiger partial charge in [0.05, 0.1) is 24.8 Å². The first-order valence-electron chi connectivity index (χ1n) is 10.5. The maximum Gasteiger partial charge on any atom is 0.228 e. The van der Waals surface area contributed by atoms with Crippen molar-refractivity contribution in [3.05, 3.63) is 17.6 Å². The number of ether oxygens (including phenoxy) is 1. The van der Waals surface area contributed by atoms with Crippen molar-refractivity contribution < 1.29 is 9.53 Å². The summed E-state index contributed by atoms with van der Waals surface area (Å²) in [5.74, 6) is 1.37. The molecule has 5 rings (SSSR count). The van der Waals surface area contributed by atoms with Gasteiger partial charge in [0.15, 0.2) is 0 Å². The number of hydrogen-bond donors (Lipinski definition) is 0. The van der Waals surface area contributed by atoms with Crippen molar-refractivity contribution in [1.82, 2.24) is 19.8 Å². The zero-order valence-electron chi connectivity index (χ0n) is 16.0. The molecule has 27 heavy (non-hydrogen) atoms. The van der Waals surface area contributed by atoms with Crippen LogP contribution in [-0.2, 0) is 22.5 Å². The average Bonchev–Trinajstić information content (AvgIpc) is 3.20. The summed E-state index contributed by atoms with van der Waals surface area (Å²) in [6, 6.07) is 0.825. The van der Waals surface area contributed by atoms with Crippen molar-refractivity contribution in [2.75, 3.05) is 50.8 Å². The van der Waals surface area contributed by atoms with Crippen LogP contribution in [0.4, 0.5) is 5.82 Å². The maximum atomic E-state index is 12.7. The van der Waals surface area contributed by atoms with Crippen LogP contribution in [0, 0.1) is 5.92 Å². The minimum atomic E-state index is 0.0347. The molecule has 1 atom stereocenters. The standard InChI is InChI=1S/C20H29N5O2/c26-20(15-5-11-27-13-15)25-6-4-17-18(12-25)21-14-22-19(17)24-9-7-23(8-10-24)16-2-1-3-16/h14-16H,1-13H2. The minimum absolute atomic E-state index is 0.0347. The molecule has 7 nitrogen and oxygen atoms in total. The van der Waals surface area contributed by atoms with Gasteiger partial charge < -0.3 is 14.5 Å². The molecule has 1 aliphatic carbocycles. The van der Waals surface area contributed by atoms with Gasteiger partial charge in [-0.05, 0) is 25.7 Å². The average molecular weight is 371 g/mol. The third kappa shape index (κ3) is 3.31. The molecule has 3 fully saturated rings. The quantitative estimate of drug-likeness (QED) is 0.792. The largest absolute Gasteiger partial charge is 0.381 e. The molecule has 4 aliphatic rings. The molecule has 1 amide bonds. The number of nitrogens with zero attached hydrogens (tertiary/aromatic N) is 5. The van der Waals surface area contributed by atoms with Crippen molar-refractivity contribution in [2.45, 2.75) is 44.7 Å². The van der Waals surface area contributed by atoms with E-state index < -0.39 is 0 Å². The second-order valence-electron chi connectivity index (χ2n) is 8.30. The number of aromatic nitrogens is 2. The molecule has 3 aliphatic heterocycles. The molecule has 0 N–H and O–H groups in total. The highest BCUT2D eigenvalue weighted by molar-refractivity contribution is 5.79. The Bertz CT molecular complexity index is 694. The van der Waals surface area contributed by atoms with E-state index in [0.29, 0.717) is 19.8 Å². The molecule has 0 spiro atoms. The fraction of sp³-hybridized carbons (Fsp3) is 0.750. The molecule has 4 heterocycles. The first-order valence-corrected chi connectivity index (χ1v) is 10.5. The predicted octanol–water partition coefficient (Wildman–Crippen LogP) is 1.07. The van der Waals surface area contributed by atoms with E-state index in [4.69, 9.17) is 4.74 Å². The van der Waals surface area contributed by atoms with Gasteiger partial charge in [-0.15, -0.1) is 0 Å². The molecule has 7 heteroatoms. The van der Waals surface area contributed by atoms with Crippen LogP contribution in [0.1, 0.15) is 36.9 Å². The first kappa shape index (κ1) is 17.4. The fourth-order valence-electron chi connectivity index (χ4n) is 4.84. The molecular weight excluding hydrogens is 342 g/mol. The summed E-state index contributed by atoms with van der Waals surface area (Å²) < 4.78 is 5.39. The fourth-order valence-corrected chi connectivity index (χ4v) is 4.84. The number of fused-ring (bicyclic) bond motifs is 1. The summed E-state index contributed by atoms with van der Waals surface area (Å²) in [5, 5.41) is 0. The monoisotopic (exact) mass is 371 g/mol. The van der Waals surface area contributed by atoms with Gasteiger partial charge in [0.25, 0.3) is 0 Å². The molecule has 2 saturated heterocycles. The van der Waals surface area contributed by atoms with Gasteiger partial charge in [-0.3, -0.25) is 9.69 Å². The number of carbonyl (C=O) groups is 1. The van der Waals surface area contributed by atoms with Gasteiger partial charge in [0.2, 0.25) is 5.91 Å². The zero-order valence-corrected chi connectivity index (χ0v) is 16.0. The summed E-state index contributed by atoms with van der Waals surface area (Å²) >= 11 is 0. The number of rotatable bonds is 3. The van der Waals surface area contributed by atoms with Crippen LogP contribution in [0.25, 0.3) is 0 Å². The SMILES string of the molecule is O=C(C1CCOC1)N1CCc2c(ncnc2N2CCN(C3CCC3)CC2)C1. The Hall–Kier alpha value is -1.73. The number of amides is 1. The van der Waals surface area contributed by atoms with E-state index in [0.717, 1.165) is 63.1 Å². The lowest BCUT2D eigenvalue weighted by Gasteiger charge is -2.43. The molecule has 0 radical (unpaired) electrons. The lowest BCUT2D eigenvalue weighted by molar-refractivity contribution is -0.136. The van der Waals surface area contributed by atoms with Crippen LogP contribution >= 0.6 is 0 Å². The van der Waals surface area contributed by atoms with Crippen LogP contribution in [0.2, 0.25) is 0 Å². The molecule has 0 bridgehead atoms. The van der Waals surface area contributed by atoms with Crippen LogP contribution in [0.15, 0.2) is 6.33 Å². The lowest BCUT2D eigenvalue weighted by atomic mass is 9.91. The number of piperazine rings is 1. The van der Waals surface area contributed by atoms with Crippen molar-refractivity contribution in [3.63, 3.8) is 0 Å². The summed E-state index contributed by atoms with van der Waals surface area (Å²) in [6.45, 7) is 7.02. The van der Waals surface area contributed by atoms with Crippen LogP contribution in [0.3, 0.4) is 0 Å². The van der Waals surface area contributed by atoms with Gasteiger partial charge in [-0.25, -0.2) is 9.97 Å². The molecule has 1 saturated carbocycles. The molecule has 1 aromatic heterocycles. The van der Waals surface area contributed by atoms with E-state index in [1.165, 1.54) is 24.8 Å². The van der Waals surface area contributed by atoms with E-state index in [9.17, 15) is 4.79 Å². The lowest BCUT2D eigenvalue weighted by Crippen LogP contribution is -2.52. The van der Waals surface area contributed by atoms with E-state index in [1.54, 1.807) is 6.33 Å². The van der Waals surface area contributed by atoms with Crippen molar-refractivity contribution in [3.8, 4) is 0 Å². The number of carbonyl (C=O) groups excluding carboxylic acids is 1. The highest BCUT2D eigenvalue weighted by atomic mass is 16.5. The minimum Gasteiger partial charge on any atom is -0.381 e. The molecular formula is C20H29N5O2. The van der Waals surface area contributed by atoms with Crippen LogP contribution in [0.5, 0.6) is 0 Å². The van der Waals surface area contributed by atoms with Crippen LogP contribution in [-0.4, -0.2) is 77.7 Å². The third-order valence-corrected chi connectivity index (χ3v) is 6.78. The Labute approximate surface area is 160 Å². The van der Waals surface area contributed by atoms with Gasteiger partial charge in [-0.1, -0.05) is 6.42 Å². The Balaban J connectivity index is 1.27. The highest BCUT2D eigenvalue weighted by Gasteiger charge is 2.33. The summed E-state index contributed by atoms with van der Waals surface area (Å²) in [5.41, 5.74) is 2.28. The van der Waals surface area contributed by atoms with Gasteiger partial charge in [-0.2, -0.15) is 0 Å². The Morgan fingerprint density at radius 1 is 1.07 bits per heavy atom. The third-order valence-electron chi connectivity index (χ3n) is 6.78. The van der Waals surface area contributed by atoms with E-state index in [1.807, 2.05) is 4.90 Å². The number of hydrogen-bond acceptors (Lipinski definition) is 6. The topological polar surface area (TPSA) is 61.8 Å². The van der Waals surface area contributed by atoms with E-state index >= 15 is 0 Å². The summed E-state index contributed by atoms with van der Waals surface area (Å²) in [6.07, 6.45) is 7.53. The smallest absolute Gasteiger partial charge is 0.228 e. The summed E-state index contributed by atoms with van der Waals surface area (Å²) in [7, 11) is 0. The molecule has 1 unspecified atom stereocenters. The van der Waals surface area contributed by atoms with E-state index in [2.05, 4.69) is 19.8 Å². The Morgan fingerprint density at radius 3 is 2.63 bits per heavy atom. The molecule has 146 valence electrons. The van der Waals surface area contributed by atoms with Gasteiger partial charge in [0, 0.05) is 50.9 Å². The van der Waals surface area contributed by atoms with Crippen molar-refractivity contribution in [2.24, 2.45) is 5.92 Å². The normalized spacial score (nSPS) is 26.7. The first-order chi connectivity index (χ1) is 13.3. The predicted molar refractivity (Wildman–Crippen MR) is 102 cm³/mol.